The maximum absolute atomic E-state index is 3.39. The van der Waals surface area contributed by atoms with Crippen molar-refractivity contribution in [3.05, 3.63) is 24.0 Å². The Morgan fingerprint density at radius 2 is 2.28 bits per heavy atom. The normalized spacial score (nSPS) is 32.0. The van der Waals surface area contributed by atoms with Crippen molar-refractivity contribution in [1.29, 1.82) is 0 Å². The zero-order valence-corrected chi connectivity index (χ0v) is 11.7. The van der Waals surface area contributed by atoms with Crippen LogP contribution in [0.3, 0.4) is 0 Å². The lowest BCUT2D eigenvalue weighted by Gasteiger charge is -2.22. The maximum atomic E-state index is 3.39. The Bertz CT molecular complexity index is 392. The average Bonchev–Trinajstić information content (AvgIpc) is 3.07. The Kier molecular flexibility index (Phi) is 3.47. The Hall–Kier alpha value is -0.760. The number of hydrogen-bond acceptors (Lipinski definition) is 1. The fourth-order valence-corrected chi connectivity index (χ4v) is 4.26. The standard InChI is InChI=1S/C16H26N2/c1-3-16(17-2)14-6-7-18(10-14)11-15-9-12-4-5-13(15)8-12/h6-7,10,12-13,15-17H,3-5,8-9,11H2,1-2H3. The molecule has 0 aliphatic heterocycles. The first-order valence-corrected chi connectivity index (χ1v) is 7.63. The minimum atomic E-state index is 0.520. The van der Waals surface area contributed by atoms with Gasteiger partial charge in [0.25, 0.3) is 0 Å². The number of aromatic nitrogens is 1. The van der Waals surface area contributed by atoms with Gasteiger partial charge in [-0.15, -0.1) is 0 Å². The predicted octanol–water partition coefficient (Wildman–Crippen LogP) is 3.59. The molecule has 0 spiro atoms. The zero-order valence-electron chi connectivity index (χ0n) is 11.7. The first-order valence-electron chi connectivity index (χ1n) is 7.63. The molecule has 0 radical (unpaired) electrons. The molecule has 0 amide bonds. The molecule has 1 aromatic heterocycles. The van der Waals surface area contributed by atoms with Crippen molar-refractivity contribution in [3.63, 3.8) is 0 Å². The minimum absolute atomic E-state index is 0.520. The molecule has 2 aliphatic carbocycles. The molecule has 0 saturated heterocycles. The van der Waals surface area contributed by atoms with Gasteiger partial charge < -0.3 is 9.88 Å². The number of fused-ring (bicyclic) bond motifs is 2. The van der Waals surface area contributed by atoms with Crippen LogP contribution in [0.2, 0.25) is 0 Å². The van der Waals surface area contributed by atoms with Gasteiger partial charge >= 0.3 is 0 Å². The summed E-state index contributed by atoms with van der Waals surface area (Å²) in [6.07, 6.45) is 11.8. The third-order valence-electron chi connectivity index (χ3n) is 5.26. The summed E-state index contributed by atoms with van der Waals surface area (Å²) < 4.78 is 2.43. The van der Waals surface area contributed by atoms with E-state index >= 15 is 0 Å². The van der Waals surface area contributed by atoms with Crippen LogP contribution >= 0.6 is 0 Å². The van der Waals surface area contributed by atoms with E-state index in [9.17, 15) is 0 Å². The lowest BCUT2D eigenvalue weighted by Crippen LogP contribution is -2.17. The van der Waals surface area contributed by atoms with Gasteiger partial charge in [-0.1, -0.05) is 13.3 Å². The van der Waals surface area contributed by atoms with Gasteiger partial charge in [-0.25, -0.2) is 0 Å². The molecule has 2 bridgehead atoms. The van der Waals surface area contributed by atoms with Crippen LogP contribution in [0.25, 0.3) is 0 Å². The van der Waals surface area contributed by atoms with Gasteiger partial charge in [0.15, 0.2) is 0 Å². The quantitative estimate of drug-likeness (QED) is 0.840. The van der Waals surface area contributed by atoms with Crippen LogP contribution in [0.15, 0.2) is 18.5 Å². The average molecular weight is 246 g/mol. The topological polar surface area (TPSA) is 17.0 Å². The van der Waals surface area contributed by atoms with E-state index in [1.54, 1.807) is 0 Å². The highest BCUT2D eigenvalue weighted by Gasteiger charge is 2.39. The second kappa shape index (κ2) is 5.08. The van der Waals surface area contributed by atoms with Crippen LogP contribution in [-0.4, -0.2) is 11.6 Å². The van der Waals surface area contributed by atoms with Crippen molar-refractivity contribution < 1.29 is 0 Å². The molecule has 1 N–H and O–H groups in total. The molecular weight excluding hydrogens is 220 g/mol. The number of nitrogens with one attached hydrogen (secondary N) is 1. The highest BCUT2D eigenvalue weighted by atomic mass is 15.0. The molecule has 100 valence electrons. The second-order valence-corrected chi connectivity index (χ2v) is 6.33. The predicted molar refractivity (Wildman–Crippen MR) is 75.5 cm³/mol. The van der Waals surface area contributed by atoms with Gasteiger partial charge in [-0.3, -0.25) is 0 Å². The van der Waals surface area contributed by atoms with Crippen LogP contribution in [0.4, 0.5) is 0 Å². The minimum Gasteiger partial charge on any atom is -0.354 e. The van der Waals surface area contributed by atoms with E-state index < -0.39 is 0 Å². The summed E-state index contributed by atoms with van der Waals surface area (Å²) in [6, 6.07) is 2.81. The van der Waals surface area contributed by atoms with Gasteiger partial charge in [0.05, 0.1) is 0 Å². The van der Waals surface area contributed by atoms with Gasteiger partial charge in [0.1, 0.15) is 0 Å². The summed E-state index contributed by atoms with van der Waals surface area (Å²) in [7, 11) is 2.06. The highest BCUT2D eigenvalue weighted by Crippen LogP contribution is 2.48. The van der Waals surface area contributed by atoms with Gasteiger partial charge in [-0.05, 0) is 62.1 Å². The fraction of sp³-hybridized carbons (Fsp3) is 0.750. The number of hydrogen-bond donors (Lipinski definition) is 1. The van der Waals surface area contributed by atoms with Crippen LogP contribution < -0.4 is 5.32 Å². The Morgan fingerprint density at radius 3 is 2.89 bits per heavy atom. The highest BCUT2D eigenvalue weighted by molar-refractivity contribution is 5.15. The smallest absolute Gasteiger partial charge is 0.0329 e. The lowest BCUT2D eigenvalue weighted by molar-refractivity contribution is 0.296. The molecule has 2 fully saturated rings. The molecule has 1 aromatic rings. The first-order chi connectivity index (χ1) is 8.80. The lowest BCUT2D eigenvalue weighted by atomic mass is 9.89. The molecule has 2 aliphatic rings. The fourth-order valence-electron chi connectivity index (χ4n) is 4.26. The van der Waals surface area contributed by atoms with E-state index in [1.807, 2.05) is 0 Å². The zero-order chi connectivity index (χ0) is 12.5. The van der Waals surface area contributed by atoms with Crippen molar-refractivity contribution in [2.45, 2.75) is 51.6 Å². The summed E-state index contributed by atoms with van der Waals surface area (Å²) in [5.41, 5.74) is 1.45. The molecular formula is C16H26N2. The van der Waals surface area contributed by atoms with Crippen molar-refractivity contribution in [2.75, 3.05) is 7.05 Å². The molecule has 4 unspecified atom stereocenters. The van der Waals surface area contributed by atoms with Crippen LogP contribution in [0.1, 0.15) is 50.6 Å². The summed E-state index contributed by atoms with van der Waals surface area (Å²) in [6.45, 7) is 3.50. The van der Waals surface area contributed by atoms with E-state index in [4.69, 9.17) is 0 Å². The first kappa shape index (κ1) is 12.3. The number of nitrogens with zero attached hydrogens (tertiary/aromatic N) is 1. The van der Waals surface area contributed by atoms with E-state index in [2.05, 4.69) is 42.3 Å². The van der Waals surface area contributed by atoms with Crippen molar-refractivity contribution >= 4 is 0 Å². The summed E-state index contributed by atoms with van der Waals surface area (Å²) in [4.78, 5) is 0. The summed E-state index contributed by atoms with van der Waals surface area (Å²) >= 11 is 0. The van der Waals surface area contributed by atoms with E-state index in [1.165, 1.54) is 37.8 Å². The Balaban J connectivity index is 1.63. The van der Waals surface area contributed by atoms with Gasteiger partial charge in [0.2, 0.25) is 0 Å². The van der Waals surface area contributed by atoms with E-state index in [0.29, 0.717) is 6.04 Å². The Labute approximate surface area is 111 Å². The van der Waals surface area contributed by atoms with Gasteiger partial charge in [-0.2, -0.15) is 0 Å². The van der Waals surface area contributed by atoms with E-state index in [0.717, 1.165) is 24.2 Å². The molecule has 2 nitrogen and oxygen atoms in total. The number of rotatable bonds is 5. The summed E-state index contributed by atoms with van der Waals surface area (Å²) in [5.74, 6) is 3.06. The van der Waals surface area contributed by atoms with Crippen LogP contribution in [-0.2, 0) is 6.54 Å². The molecule has 2 saturated carbocycles. The molecule has 1 heterocycles. The van der Waals surface area contributed by atoms with E-state index in [-0.39, 0.29) is 0 Å². The molecule has 2 heteroatoms. The molecule has 0 aromatic carbocycles. The maximum Gasteiger partial charge on any atom is 0.0329 e. The summed E-state index contributed by atoms with van der Waals surface area (Å²) in [5, 5.41) is 3.39. The Morgan fingerprint density at radius 1 is 1.39 bits per heavy atom. The molecule has 3 rings (SSSR count). The molecule has 18 heavy (non-hydrogen) atoms. The van der Waals surface area contributed by atoms with Crippen molar-refractivity contribution in [2.24, 2.45) is 17.8 Å². The third kappa shape index (κ3) is 2.23. The third-order valence-corrected chi connectivity index (χ3v) is 5.26. The van der Waals surface area contributed by atoms with Crippen LogP contribution in [0.5, 0.6) is 0 Å². The monoisotopic (exact) mass is 246 g/mol. The van der Waals surface area contributed by atoms with Crippen molar-refractivity contribution in [1.82, 2.24) is 9.88 Å². The molecule has 4 atom stereocenters. The van der Waals surface area contributed by atoms with Crippen LogP contribution in [0, 0.1) is 17.8 Å². The SMILES string of the molecule is CCC(NC)c1ccn(CC2CC3CCC2C3)c1. The van der Waals surface area contributed by atoms with Crippen molar-refractivity contribution in [3.8, 4) is 0 Å². The largest absolute Gasteiger partial charge is 0.354 e. The second-order valence-electron chi connectivity index (χ2n) is 6.33. The van der Waals surface area contributed by atoms with Gasteiger partial charge in [0, 0.05) is 25.0 Å².